The predicted molar refractivity (Wildman–Crippen MR) is 130 cm³/mol. The quantitative estimate of drug-likeness (QED) is 0.562. The maximum atomic E-state index is 13.7. The summed E-state index contributed by atoms with van der Waals surface area (Å²) in [6.07, 6.45) is 6.43. The lowest BCUT2D eigenvalue weighted by molar-refractivity contribution is -0.116. The highest BCUT2D eigenvalue weighted by Crippen LogP contribution is 2.34. The molecule has 0 atom stereocenters. The van der Waals surface area contributed by atoms with Crippen LogP contribution in [0.15, 0.2) is 29.1 Å². The summed E-state index contributed by atoms with van der Waals surface area (Å²) in [6, 6.07) is 6.86. The van der Waals surface area contributed by atoms with E-state index in [1.807, 2.05) is 0 Å². The molecule has 0 spiro atoms. The fourth-order valence-electron chi connectivity index (χ4n) is 4.87. The Balaban J connectivity index is 1.50. The molecule has 1 aromatic carbocycles. The lowest BCUT2D eigenvalue weighted by Crippen LogP contribution is -2.33. The predicted octanol–water partition coefficient (Wildman–Crippen LogP) is 3.77. The van der Waals surface area contributed by atoms with Crippen molar-refractivity contribution in [1.29, 1.82) is 0 Å². The van der Waals surface area contributed by atoms with Crippen molar-refractivity contribution in [3.63, 3.8) is 0 Å². The molecule has 0 bridgehead atoms. The summed E-state index contributed by atoms with van der Waals surface area (Å²) in [7, 11) is 0. The zero-order valence-electron chi connectivity index (χ0n) is 18.9. The average Bonchev–Trinajstić information content (AvgIpc) is 3.44. The average molecular weight is 465 g/mol. The molecule has 1 saturated heterocycles. The number of carbonyl (C=O) groups excluding carboxylic acids is 2. The number of benzene rings is 1. The van der Waals surface area contributed by atoms with Gasteiger partial charge >= 0.3 is 0 Å². The van der Waals surface area contributed by atoms with Crippen LogP contribution >= 0.6 is 11.3 Å². The molecular weight excluding hydrogens is 436 g/mol. The minimum atomic E-state index is -0.300. The number of aromatic nitrogens is 2. The minimum absolute atomic E-state index is 0.0629. The van der Waals surface area contributed by atoms with E-state index in [4.69, 9.17) is 4.98 Å². The van der Waals surface area contributed by atoms with Gasteiger partial charge in [-0.3, -0.25) is 23.9 Å². The third kappa shape index (κ3) is 4.50. The van der Waals surface area contributed by atoms with E-state index in [0.717, 1.165) is 62.0 Å². The van der Waals surface area contributed by atoms with Crippen molar-refractivity contribution in [3.8, 4) is 0 Å². The molecule has 3 heterocycles. The summed E-state index contributed by atoms with van der Waals surface area (Å²) < 4.78 is 1.56. The third-order valence-corrected chi connectivity index (χ3v) is 7.76. The van der Waals surface area contributed by atoms with Gasteiger partial charge in [-0.2, -0.15) is 0 Å². The van der Waals surface area contributed by atoms with E-state index >= 15 is 0 Å². The Hall–Kier alpha value is -2.84. The van der Waals surface area contributed by atoms with Crippen LogP contribution in [0.4, 0.5) is 5.69 Å². The number of hydrogen-bond acceptors (Lipinski definition) is 6. The topological polar surface area (TPSA) is 84.3 Å². The molecule has 0 saturated carbocycles. The summed E-state index contributed by atoms with van der Waals surface area (Å²) in [5.41, 5.74) is 2.10. The maximum Gasteiger partial charge on any atom is 0.263 e. The highest BCUT2D eigenvalue weighted by molar-refractivity contribution is 7.18. The number of amides is 1. The Morgan fingerprint density at radius 3 is 2.70 bits per heavy atom. The van der Waals surface area contributed by atoms with E-state index in [-0.39, 0.29) is 23.8 Å². The monoisotopic (exact) mass is 464 g/mol. The normalized spacial score (nSPS) is 16.2. The SMILES string of the molecule is CC(=O)c1cccc(NC(=O)Cn2c(CN3CCCC3)nc3sc4c(c3c2=O)CCCC4)c1. The fraction of sp³-hybridized carbons (Fsp3) is 0.440. The second-order valence-corrected chi connectivity index (χ2v) is 10.1. The number of aryl methyl sites for hydroxylation is 2. The van der Waals surface area contributed by atoms with Crippen molar-refractivity contribution >= 4 is 38.9 Å². The standard InChI is InChI=1S/C25H28N4O3S/c1-16(30)17-7-6-8-18(13-17)26-22(31)15-29-21(14-28-11-4-5-12-28)27-24-23(25(29)32)19-9-2-3-10-20(19)33-24/h6-8,13H,2-5,9-12,14-15H2,1H3,(H,26,31). The van der Waals surface area contributed by atoms with Gasteiger partial charge in [0.25, 0.3) is 5.56 Å². The Labute approximate surface area is 196 Å². The Morgan fingerprint density at radius 2 is 1.91 bits per heavy atom. The van der Waals surface area contributed by atoms with Crippen LogP contribution < -0.4 is 10.9 Å². The van der Waals surface area contributed by atoms with Crippen molar-refractivity contribution in [2.75, 3.05) is 18.4 Å². The van der Waals surface area contributed by atoms with Crippen LogP contribution in [0.2, 0.25) is 0 Å². The number of carbonyl (C=O) groups is 2. The lowest BCUT2D eigenvalue weighted by Gasteiger charge is -2.18. The summed E-state index contributed by atoms with van der Waals surface area (Å²) in [4.78, 5) is 47.6. The molecule has 3 aromatic rings. The minimum Gasteiger partial charge on any atom is -0.325 e. The first-order chi connectivity index (χ1) is 16.0. The van der Waals surface area contributed by atoms with Gasteiger partial charge < -0.3 is 5.32 Å². The lowest BCUT2D eigenvalue weighted by atomic mass is 9.97. The second kappa shape index (κ2) is 9.19. The number of rotatable bonds is 6. The van der Waals surface area contributed by atoms with Gasteiger partial charge in [0, 0.05) is 16.1 Å². The largest absolute Gasteiger partial charge is 0.325 e. The van der Waals surface area contributed by atoms with Gasteiger partial charge in [0.1, 0.15) is 17.2 Å². The fourth-order valence-corrected chi connectivity index (χ4v) is 6.14. The van der Waals surface area contributed by atoms with Gasteiger partial charge in [0.05, 0.1) is 11.9 Å². The van der Waals surface area contributed by atoms with Gasteiger partial charge in [-0.1, -0.05) is 12.1 Å². The third-order valence-electron chi connectivity index (χ3n) is 6.57. The molecule has 1 aliphatic heterocycles. The van der Waals surface area contributed by atoms with E-state index in [1.165, 1.54) is 11.8 Å². The zero-order chi connectivity index (χ0) is 22.9. The van der Waals surface area contributed by atoms with Crippen LogP contribution in [0.3, 0.4) is 0 Å². The van der Waals surface area contributed by atoms with E-state index in [1.54, 1.807) is 40.2 Å². The number of nitrogens with zero attached hydrogens (tertiary/aromatic N) is 3. The first-order valence-electron chi connectivity index (χ1n) is 11.7. The molecule has 5 rings (SSSR count). The van der Waals surface area contributed by atoms with Crippen LogP contribution in [0.1, 0.15) is 59.2 Å². The molecule has 1 fully saturated rings. The zero-order valence-corrected chi connectivity index (χ0v) is 19.7. The van der Waals surface area contributed by atoms with Crippen LogP contribution in [0.5, 0.6) is 0 Å². The van der Waals surface area contributed by atoms with Crippen molar-refractivity contribution in [2.45, 2.75) is 58.5 Å². The van der Waals surface area contributed by atoms with Crippen LogP contribution in [-0.2, 0) is 30.7 Å². The van der Waals surface area contributed by atoms with Crippen LogP contribution in [0, 0.1) is 0 Å². The highest BCUT2D eigenvalue weighted by Gasteiger charge is 2.24. The first-order valence-corrected chi connectivity index (χ1v) is 12.5. The molecule has 172 valence electrons. The number of fused-ring (bicyclic) bond motifs is 3. The number of anilines is 1. The summed E-state index contributed by atoms with van der Waals surface area (Å²) in [6.45, 7) is 3.94. The number of thiophene rings is 1. The molecular formula is C25H28N4O3S. The smallest absolute Gasteiger partial charge is 0.263 e. The first kappa shape index (κ1) is 22.0. The van der Waals surface area contributed by atoms with E-state index in [9.17, 15) is 14.4 Å². The maximum absolute atomic E-state index is 13.7. The molecule has 0 unspecified atom stereocenters. The molecule has 33 heavy (non-hydrogen) atoms. The summed E-state index contributed by atoms with van der Waals surface area (Å²) in [5, 5.41) is 3.55. The summed E-state index contributed by atoms with van der Waals surface area (Å²) in [5.74, 6) is 0.290. The molecule has 2 aromatic heterocycles. The highest BCUT2D eigenvalue weighted by atomic mass is 32.1. The Kier molecular flexibility index (Phi) is 6.12. The molecule has 1 amide bonds. The van der Waals surface area contributed by atoms with Gasteiger partial charge in [-0.05, 0) is 76.2 Å². The number of nitrogens with one attached hydrogen (secondary N) is 1. The van der Waals surface area contributed by atoms with Gasteiger partial charge in [0.15, 0.2) is 5.78 Å². The van der Waals surface area contributed by atoms with Crippen molar-refractivity contribution in [1.82, 2.24) is 14.5 Å². The Bertz CT molecular complexity index is 1290. The molecule has 7 nitrogen and oxygen atoms in total. The van der Waals surface area contributed by atoms with Crippen molar-refractivity contribution in [3.05, 3.63) is 56.4 Å². The Morgan fingerprint density at radius 1 is 1.12 bits per heavy atom. The molecule has 1 aliphatic carbocycles. The molecule has 8 heteroatoms. The van der Waals surface area contributed by atoms with Crippen LogP contribution in [0.25, 0.3) is 10.2 Å². The number of likely N-dealkylation sites (tertiary alicyclic amines) is 1. The molecule has 1 N–H and O–H groups in total. The summed E-state index contributed by atoms with van der Waals surface area (Å²) >= 11 is 1.65. The van der Waals surface area contributed by atoms with E-state index in [2.05, 4.69) is 10.2 Å². The van der Waals surface area contributed by atoms with Crippen LogP contribution in [-0.4, -0.2) is 39.2 Å². The van der Waals surface area contributed by atoms with Gasteiger partial charge in [-0.25, -0.2) is 4.98 Å². The molecule has 0 radical (unpaired) electrons. The molecule has 2 aliphatic rings. The number of hydrogen-bond donors (Lipinski definition) is 1. The van der Waals surface area contributed by atoms with Crippen molar-refractivity contribution < 1.29 is 9.59 Å². The number of Topliss-reactive ketones (excluding diaryl/α,β-unsaturated/α-hetero) is 1. The number of ketones is 1. The second-order valence-electron chi connectivity index (χ2n) is 8.98. The van der Waals surface area contributed by atoms with E-state index < -0.39 is 0 Å². The van der Waals surface area contributed by atoms with Crippen molar-refractivity contribution in [2.24, 2.45) is 0 Å². The van der Waals surface area contributed by atoms with Gasteiger partial charge in [-0.15, -0.1) is 11.3 Å². The van der Waals surface area contributed by atoms with Gasteiger partial charge in [0.2, 0.25) is 5.91 Å². The van der Waals surface area contributed by atoms with E-state index in [0.29, 0.717) is 29.0 Å².